The maximum absolute atomic E-state index is 12.5. The fourth-order valence-electron chi connectivity index (χ4n) is 2.84. The van der Waals surface area contributed by atoms with Gasteiger partial charge >= 0.3 is 5.97 Å². The Labute approximate surface area is 189 Å². The first-order chi connectivity index (χ1) is 14.8. The lowest BCUT2D eigenvalue weighted by molar-refractivity contribution is -0.119. The van der Waals surface area contributed by atoms with Crippen LogP contribution in [0.3, 0.4) is 0 Å². The van der Waals surface area contributed by atoms with Gasteiger partial charge in [0.1, 0.15) is 16.8 Å². The van der Waals surface area contributed by atoms with Crippen molar-refractivity contribution in [2.45, 2.75) is 20.4 Å². The number of aromatic nitrogens is 2. The topological polar surface area (TPSA) is 97.0 Å². The molecule has 3 aromatic rings. The van der Waals surface area contributed by atoms with E-state index in [1.165, 1.54) is 22.9 Å². The van der Waals surface area contributed by atoms with E-state index in [2.05, 4.69) is 10.4 Å². The molecule has 7 nitrogen and oxygen atoms in total. The predicted octanol–water partition coefficient (Wildman–Crippen LogP) is 4.52. The molecule has 1 N–H and O–H groups in total. The van der Waals surface area contributed by atoms with E-state index < -0.39 is 18.5 Å². The van der Waals surface area contributed by atoms with E-state index in [-0.39, 0.29) is 15.7 Å². The fourth-order valence-corrected chi connectivity index (χ4v) is 3.37. The number of carbonyl (C=O) groups excluding carboxylic acids is 2. The molecule has 0 bridgehead atoms. The summed E-state index contributed by atoms with van der Waals surface area (Å²) in [7, 11) is 0. The minimum Gasteiger partial charge on any atom is -0.452 e. The van der Waals surface area contributed by atoms with Crippen LogP contribution >= 0.6 is 23.2 Å². The second-order valence-electron chi connectivity index (χ2n) is 6.83. The third-order valence-corrected chi connectivity index (χ3v) is 5.13. The molecule has 1 heterocycles. The molecule has 0 radical (unpaired) electrons. The molecular weight excluding hydrogens is 439 g/mol. The number of benzene rings is 2. The summed E-state index contributed by atoms with van der Waals surface area (Å²) in [5.74, 6) is -1.30. The molecule has 0 fully saturated rings. The van der Waals surface area contributed by atoms with E-state index in [0.29, 0.717) is 23.5 Å². The van der Waals surface area contributed by atoms with Crippen molar-refractivity contribution < 1.29 is 14.3 Å². The van der Waals surface area contributed by atoms with Crippen LogP contribution in [-0.2, 0) is 16.1 Å². The molecule has 9 heteroatoms. The van der Waals surface area contributed by atoms with Crippen molar-refractivity contribution in [1.29, 1.82) is 5.26 Å². The highest BCUT2D eigenvalue weighted by atomic mass is 35.5. The van der Waals surface area contributed by atoms with Crippen molar-refractivity contribution in [3.8, 4) is 6.07 Å². The zero-order valence-electron chi connectivity index (χ0n) is 16.8. The highest BCUT2D eigenvalue weighted by molar-refractivity contribution is 6.33. The van der Waals surface area contributed by atoms with Crippen molar-refractivity contribution in [2.24, 2.45) is 0 Å². The molecule has 0 saturated heterocycles. The van der Waals surface area contributed by atoms with Gasteiger partial charge in [0.2, 0.25) is 0 Å². The lowest BCUT2D eigenvalue weighted by Gasteiger charge is -2.08. The number of rotatable bonds is 6. The Kier molecular flexibility index (Phi) is 6.95. The minimum atomic E-state index is -0.745. The highest BCUT2D eigenvalue weighted by Gasteiger charge is 2.22. The number of nitrogens with one attached hydrogen (secondary N) is 1. The molecule has 0 unspecified atom stereocenters. The summed E-state index contributed by atoms with van der Waals surface area (Å²) in [6, 6.07) is 14.3. The summed E-state index contributed by atoms with van der Waals surface area (Å²) in [6.45, 7) is 3.52. The standard InChI is InChI=1S/C22H18Cl2N4O3/c1-13-3-5-15(6-4-13)11-28-21(24)20(14(2)27-28)22(30)31-12-19(29)26-17-8-7-16(10-25)18(23)9-17/h3-9H,11-12H2,1-2H3,(H,26,29). The Hall–Kier alpha value is -3.34. The van der Waals surface area contributed by atoms with Crippen LogP contribution in [-0.4, -0.2) is 28.3 Å². The molecule has 0 saturated carbocycles. The van der Waals surface area contributed by atoms with Gasteiger partial charge in [-0.1, -0.05) is 53.0 Å². The van der Waals surface area contributed by atoms with E-state index in [4.69, 9.17) is 33.2 Å². The summed E-state index contributed by atoms with van der Waals surface area (Å²) in [6.07, 6.45) is 0. The van der Waals surface area contributed by atoms with Gasteiger partial charge < -0.3 is 10.1 Å². The first kappa shape index (κ1) is 22.3. The van der Waals surface area contributed by atoms with Crippen molar-refractivity contribution in [2.75, 3.05) is 11.9 Å². The van der Waals surface area contributed by atoms with Gasteiger partial charge in [-0.05, 0) is 37.6 Å². The van der Waals surface area contributed by atoms with E-state index in [9.17, 15) is 9.59 Å². The number of esters is 1. The van der Waals surface area contributed by atoms with Gasteiger partial charge in [0.25, 0.3) is 5.91 Å². The SMILES string of the molecule is Cc1ccc(Cn2nc(C)c(C(=O)OCC(=O)Nc3ccc(C#N)c(Cl)c3)c2Cl)cc1. The predicted molar refractivity (Wildman–Crippen MR) is 117 cm³/mol. The summed E-state index contributed by atoms with van der Waals surface area (Å²) >= 11 is 12.3. The number of carbonyl (C=O) groups is 2. The highest BCUT2D eigenvalue weighted by Crippen LogP contribution is 2.23. The van der Waals surface area contributed by atoms with E-state index in [1.807, 2.05) is 37.3 Å². The van der Waals surface area contributed by atoms with Gasteiger partial charge in [0.15, 0.2) is 6.61 Å². The second kappa shape index (κ2) is 9.65. The third kappa shape index (κ3) is 5.43. The molecule has 0 aliphatic carbocycles. The summed E-state index contributed by atoms with van der Waals surface area (Å²) < 4.78 is 6.61. The zero-order chi connectivity index (χ0) is 22.5. The van der Waals surface area contributed by atoms with Gasteiger partial charge in [-0.15, -0.1) is 0 Å². The number of nitriles is 1. The Morgan fingerprint density at radius 2 is 1.87 bits per heavy atom. The van der Waals surface area contributed by atoms with E-state index in [1.54, 1.807) is 6.92 Å². The molecule has 0 aliphatic heterocycles. The quantitative estimate of drug-likeness (QED) is 0.549. The third-order valence-electron chi connectivity index (χ3n) is 4.43. The number of amides is 1. The van der Waals surface area contributed by atoms with Crippen molar-refractivity contribution in [3.63, 3.8) is 0 Å². The molecule has 2 aromatic carbocycles. The van der Waals surface area contributed by atoms with Crippen molar-refractivity contribution in [1.82, 2.24) is 9.78 Å². The number of hydrogen-bond donors (Lipinski definition) is 1. The number of anilines is 1. The molecule has 158 valence electrons. The molecular formula is C22H18Cl2N4O3. The number of halogens is 2. The molecule has 1 amide bonds. The van der Waals surface area contributed by atoms with Crippen LogP contribution in [0.2, 0.25) is 10.2 Å². The number of hydrogen-bond acceptors (Lipinski definition) is 5. The Bertz CT molecular complexity index is 1180. The van der Waals surface area contributed by atoms with E-state index >= 15 is 0 Å². The average Bonchev–Trinajstić information content (AvgIpc) is 3.01. The lowest BCUT2D eigenvalue weighted by Crippen LogP contribution is -2.21. The van der Waals surface area contributed by atoms with Gasteiger partial charge in [0.05, 0.1) is 22.8 Å². The number of nitrogens with zero attached hydrogens (tertiary/aromatic N) is 3. The smallest absolute Gasteiger partial charge is 0.343 e. The summed E-state index contributed by atoms with van der Waals surface area (Å²) in [5.41, 5.74) is 3.31. The maximum atomic E-state index is 12.5. The van der Waals surface area contributed by atoms with Gasteiger partial charge in [0, 0.05) is 5.69 Å². The zero-order valence-corrected chi connectivity index (χ0v) is 18.3. The molecule has 0 aliphatic rings. The number of aryl methyl sites for hydroxylation is 2. The average molecular weight is 457 g/mol. The fraction of sp³-hybridized carbons (Fsp3) is 0.182. The Morgan fingerprint density at radius 3 is 2.52 bits per heavy atom. The molecule has 3 rings (SSSR count). The van der Waals surface area contributed by atoms with Crippen LogP contribution in [0.4, 0.5) is 5.69 Å². The molecule has 0 spiro atoms. The molecule has 31 heavy (non-hydrogen) atoms. The largest absolute Gasteiger partial charge is 0.452 e. The first-order valence-corrected chi connectivity index (χ1v) is 9.99. The van der Waals surface area contributed by atoms with E-state index in [0.717, 1.165) is 11.1 Å². The van der Waals surface area contributed by atoms with Crippen molar-refractivity contribution >= 4 is 40.8 Å². The maximum Gasteiger partial charge on any atom is 0.343 e. The Balaban J connectivity index is 1.63. The summed E-state index contributed by atoms with van der Waals surface area (Å²) in [4.78, 5) is 24.6. The van der Waals surface area contributed by atoms with Gasteiger partial charge in [-0.2, -0.15) is 10.4 Å². The van der Waals surface area contributed by atoms with Crippen LogP contribution in [0.1, 0.15) is 32.7 Å². The molecule has 0 atom stereocenters. The van der Waals surface area contributed by atoms with Gasteiger partial charge in [-0.25, -0.2) is 9.48 Å². The Morgan fingerprint density at radius 1 is 1.16 bits per heavy atom. The summed E-state index contributed by atoms with van der Waals surface area (Å²) in [5, 5.41) is 16.1. The van der Waals surface area contributed by atoms with Crippen LogP contribution in [0, 0.1) is 25.2 Å². The normalized spacial score (nSPS) is 10.4. The van der Waals surface area contributed by atoms with Crippen molar-refractivity contribution in [3.05, 3.63) is 80.6 Å². The van der Waals surface area contributed by atoms with Crippen LogP contribution in [0.15, 0.2) is 42.5 Å². The van der Waals surface area contributed by atoms with Crippen LogP contribution in [0.5, 0.6) is 0 Å². The number of ether oxygens (including phenoxy) is 1. The van der Waals surface area contributed by atoms with Crippen LogP contribution < -0.4 is 5.32 Å². The lowest BCUT2D eigenvalue weighted by atomic mass is 10.1. The first-order valence-electron chi connectivity index (χ1n) is 9.23. The minimum absolute atomic E-state index is 0.114. The monoisotopic (exact) mass is 456 g/mol. The van der Waals surface area contributed by atoms with Gasteiger partial charge in [-0.3, -0.25) is 4.79 Å². The second-order valence-corrected chi connectivity index (χ2v) is 7.59. The molecule has 1 aromatic heterocycles. The van der Waals surface area contributed by atoms with Crippen LogP contribution in [0.25, 0.3) is 0 Å².